The van der Waals surface area contributed by atoms with Gasteiger partial charge in [0, 0.05) is 11.4 Å². The van der Waals surface area contributed by atoms with Crippen LogP contribution < -0.4 is 14.3 Å². The summed E-state index contributed by atoms with van der Waals surface area (Å²) in [5.41, 5.74) is 2.83. The molecule has 3 N–H and O–H groups in total. The standard InChI is InChI=1S/C30H26N4O7S2/c1-42(38,39)34(19-27(35)36)23-15-12-21(13-16-23)31-29(20-8-4-2-5-9-20)28-25-18-22(14-17-26(25)32-30(28)37)33-43(40,41)24-10-6-3-7-11-24/h2-18,28,33H,19H2,1H3,(H,32,37)(H,35,36). The predicted octanol–water partition coefficient (Wildman–Crippen LogP) is 4.19. The molecular weight excluding hydrogens is 592 g/mol. The molecule has 1 amide bonds. The van der Waals surface area contributed by atoms with Gasteiger partial charge in [-0.05, 0) is 65.7 Å². The number of nitrogens with zero attached hydrogens (tertiary/aromatic N) is 2. The molecule has 220 valence electrons. The van der Waals surface area contributed by atoms with E-state index < -0.39 is 38.5 Å². The first kappa shape index (κ1) is 29.5. The zero-order valence-electron chi connectivity index (χ0n) is 22.7. The molecule has 1 aliphatic heterocycles. The number of aliphatic imine (C=N–C) groups is 1. The molecule has 4 aromatic carbocycles. The maximum absolute atomic E-state index is 13.4. The van der Waals surface area contributed by atoms with Gasteiger partial charge in [-0.2, -0.15) is 0 Å². The van der Waals surface area contributed by atoms with Crippen LogP contribution in [-0.4, -0.2) is 52.3 Å². The molecule has 0 bridgehead atoms. The minimum atomic E-state index is -3.88. The number of carboxylic acids is 1. The fourth-order valence-corrected chi connectivity index (χ4v) is 6.59. The first-order valence-electron chi connectivity index (χ1n) is 12.9. The smallest absolute Gasteiger partial charge is 0.324 e. The van der Waals surface area contributed by atoms with Crippen LogP contribution in [0.3, 0.4) is 0 Å². The van der Waals surface area contributed by atoms with Crippen LogP contribution in [0, 0.1) is 0 Å². The average molecular weight is 619 g/mol. The van der Waals surface area contributed by atoms with Crippen molar-refractivity contribution in [2.75, 3.05) is 27.1 Å². The highest BCUT2D eigenvalue weighted by molar-refractivity contribution is 7.92. The number of fused-ring (bicyclic) bond motifs is 1. The Morgan fingerprint density at radius 2 is 1.53 bits per heavy atom. The molecule has 0 aliphatic carbocycles. The van der Waals surface area contributed by atoms with Crippen LogP contribution >= 0.6 is 0 Å². The van der Waals surface area contributed by atoms with Crippen molar-refractivity contribution in [3.8, 4) is 0 Å². The molecule has 0 saturated heterocycles. The Balaban J connectivity index is 1.54. The molecule has 43 heavy (non-hydrogen) atoms. The summed E-state index contributed by atoms with van der Waals surface area (Å²) in [6.07, 6.45) is 0.917. The summed E-state index contributed by atoms with van der Waals surface area (Å²) < 4.78 is 53.6. The second kappa shape index (κ2) is 11.7. The second-order valence-corrected chi connectivity index (χ2v) is 13.3. The van der Waals surface area contributed by atoms with Crippen molar-refractivity contribution in [3.63, 3.8) is 0 Å². The summed E-state index contributed by atoms with van der Waals surface area (Å²) in [6, 6.07) is 27.6. The summed E-state index contributed by atoms with van der Waals surface area (Å²) in [4.78, 5) is 29.5. The zero-order chi connectivity index (χ0) is 30.8. The van der Waals surface area contributed by atoms with E-state index in [1.807, 2.05) is 6.07 Å². The maximum atomic E-state index is 13.4. The van der Waals surface area contributed by atoms with Crippen LogP contribution in [-0.2, 0) is 29.6 Å². The van der Waals surface area contributed by atoms with Crippen LogP contribution in [0.25, 0.3) is 0 Å². The van der Waals surface area contributed by atoms with Gasteiger partial charge in [-0.1, -0.05) is 48.5 Å². The molecule has 0 saturated carbocycles. The number of carboxylic acid groups (broad SMARTS) is 1. The Morgan fingerprint density at radius 3 is 2.14 bits per heavy atom. The lowest BCUT2D eigenvalue weighted by Crippen LogP contribution is -2.34. The molecule has 4 aromatic rings. The minimum Gasteiger partial charge on any atom is -0.480 e. The topological polar surface area (TPSA) is 162 Å². The Kier molecular flexibility index (Phi) is 8.02. The summed E-state index contributed by atoms with van der Waals surface area (Å²) in [5.74, 6) is -2.57. The Hall–Kier alpha value is -5.01. The van der Waals surface area contributed by atoms with Gasteiger partial charge in [0.15, 0.2) is 0 Å². The van der Waals surface area contributed by atoms with Crippen LogP contribution in [0.4, 0.5) is 22.7 Å². The van der Waals surface area contributed by atoms with E-state index in [1.54, 1.807) is 60.7 Å². The number of sulfonamides is 2. The van der Waals surface area contributed by atoms with Gasteiger partial charge in [0.25, 0.3) is 10.0 Å². The molecule has 11 nitrogen and oxygen atoms in total. The van der Waals surface area contributed by atoms with Gasteiger partial charge in [-0.3, -0.25) is 23.6 Å². The first-order chi connectivity index (χ1) is 20.4. The van der Waals surface area contributed by atoms with Crippen LogP contribution in [0.15, 0.2) is 113 Å². The quantitative estimate of drug-likeness (QED) is 0.224. The molecule has 1 atom stereocenters. The van der Waals surface area contributed by atoms with Crippen molar-refractivity contribution in [2.45, 2.75) is 10.8 Å². The van der Waals surface area contributed by atoms with Gasteiger partial charge in [0.05, 0.1) is 28.2 Å². The number of amides is 1. The molecule has 0 spiro atoms. The van der Waals surface area contributed by atoms with E-state index in [0.717, 1.165) is 10.6 Å². The molecule has 1 heterocycles. The molecule has 1 unspecified atom stereocenters. The second-order valence-electron chi connectivity index (χ2n) is 9.69. The third-order valence-electron chi connectivity index (χ3n) is 6.60. The molecule has 0 fully saturated rings. The fourth-order valence-electron chi connectivity index (χ4n) is 4.67. The van der Waals surface area contributed by atoms with Crippen LogP contribution in [0.5, 0.6) is 0 Å². The predicted molar refractivity (Wildman–Crippen MR) is 164 cm³/mol. The first-order valence-corrected chi connectivity index (χ1v) is 16.2. The van der Waals surface area contributed by atoms with Gasteiger partial charge < -0.3 is 10.4 Å². The largest absolute Gasteiger partial charge is 0.480 e. The Bertz CT molecular complexity index is 1930. The number of carbonyl (C=O) groups is 2. The number of anilines is 3. The van der Waals surface area contributed by atoms with Crippen molar-refractivity contribution < 1.29 is 31.5 Å². The minimum absolute atomic E-state index is 0.0917. The van der Waals surface area contributed by atoms with E-state index >= 15 is 0 Å². The van der Waals surface area contributed by atoms with Gasteiger partial charge >= 0.3 is 5.97 Å². The van der Waals surface area contributed by atoms with Gasteiger partial charge in [0.2, 0.25) is 15.9 Å². The van der Waals surface area contributed by atoms with E-state index in [1.165, 1.54) is 36.4 Å². The number of aliphatic carboxylic acids is 1. The lowest BCUT2D eigenvalue weighted by Gasteiger charge is -2.20. The van der Waals surface area contributed by atoms with Gasteiger partial charge in [-0.25, -0.2) is 16.8 Å². The zero-order valence-corrected chi connectivity index (χ0v) is 24.3. The highest BCUT2D eigenvalue weighted by atomic mass is 32.2. The van der Waals surface area contributed by atoms with Crippen molar-refractivity contribution in [1.82, 2.24) is 0 Å². The number of carbonyl (C=O) groups excluding carboxylic acids is 1. The number of nitrogens with one attached hydrogen (secondary N) is 2. The summed E-state index contributed by atoms with van der Waals surface area (Å²) >= 11 is 0. The summed E-state index contributed by atoms with van der Waals surface area (Å²) in [6.45, 7) is -0.744. The summed E-state index contributed by atoms with van der Waals surface area (Å²) in [7, 11) is -7.75. The number of hydrogen-bond acceptors (Lipinski definition) is 7. The van der Waals surface area contributed by atoms with Crippen LogP contribution in [0.1, 0.15) is 17.0 Å². The van der Waals surface area contributed by atoms with Gasteiger partial charge in [-0.15, -0.1) is 0 Å². The van der Waals surface area contributed by atoms with Crippen LogP contribution in [0.2, 0.25) is 0 Å². The molecule has 1 aliphatic rings. The highest BCUT2D eigenvalue weighted by Gasteiger charge is 2.36. The number of rotatable bonds is 10. The van der Waals surface area contributed by atoms with E-state index in [9.17, 15) is 31.5 Å². The van der Waals surface area contributed by atoms with E-state index in [0.29, 0.717) is 28.2 Å². The lowest BCUT2D eigenvalue weighted by molar-refractivity contribution is -0.135. The molecular formula is C30H26N4O7S2. The third-order valence-corrected chi connectivity index (χ3v) is 9.14. The normalized spacial score (nSPS) is 15.0. The van der Waals surface area contributed by atoms with E-state index in [-0.39, 0.29) is 22.2 Å². The monoisotopic (exact) mass is 618 g/mol. The van der Waals surface area contributed by atoms with Crippen molar-refractivity contribution in [1.29, 1.82) is 0 Å². The molecule has 13 heteroatoms. The molecule has 0 aromatic heterocycles. The van der Waals surface area contributed by atoms with E-state index in [4.69, 9.17) is 4.99 Å². The van der Waals surface area contributed by atoms with Crippen molar-refractivity contribution >= 4 is 60.4 Å². The lowest BCUT2D eigenvalue weighted by atomic mass is 9.90. The summed E-state index contributed by atoms with van der Waals surface area (Å²) in [5, 5.41) is 12.0. The number of hydrogen-bond donors (Lipinski definition) is 3. The Labute approximate surface area is 248 Å². The molecule has 0 radical (unpaired) electrons. The fraction of sp³-hybridized carbons (Fsp3) is 0.100. The SMILES string of the molecule is CS(=O)(=O)N(CC(=O)O)c1ccc(N=C(c2ccccc2)C2C(=O)Nc3ccc(NS(=O)(=O)c4ccccc4)cc32)cc1. The average Bonchev–Trinajstić information content (AvgIpc) is 3.30. The molecule has 5 rings (SSSR count). The Morgan fingerprint density at radius 1 is 0.907 bits per heavy atom. The van der Waals surface area contributed by atoms with E-state index in [2.05, 4.69) is 10.0 Å². The number of benzene rings is 4. The highest BCUT2D eigenvalue weighted by Crippen LogP contribution is 2.38. The third kappa shape index (κ3) is 6.58. The van der Waals surface area contributed by atoms with Gasteiger partial charge in [0.1, 0.15) is 12.5 Å². The van der Waals surface area contributed by atoms with Crippen molar-refractivity contribution in [2.24, 2.45) is 4.99 Å². The van der Waals surface area contributed by atoms with Crippen molar-refractivity contribution in [3.05, 3.63) is 114 Å². The maximum Gasteiger partial charge on any atom is 0.324 e.